The molecule has 0 radical (unpaired) electrons. The number of rotatable bonds is 5. The monoisotopic (exact) mass is 303 g/mol. The van der Waals surface area contributed by atoms with Crippen LogP contribution >= 0.6 is 23.2 Å². The lowest BCUT2D eigenvalue weighted by atomic mass is 10.2. The van der Waals surface area contributed by atoms with E-state index in [1.54, 1.807) is 25.1 Å². The zero-order chi connectivity index (χ0) is 14.4. The third kappa shape index (κ3) is 5.46. The molecule has 0 bridgehead atoms. The van der Waals surface area contributed by atoms with E-state index in [0.29, 0.717) is 15.7 Å². The van der Waals surface area contributed by atoms with Crippen LogP contribution in [-0.2, 0) is 9.59 Å². The number of carbonyl (C=O) groups excluding carboxylic acids is 2. The van der Waals surface area contributed by atoms with Crippen molar-refractivity contribution in [1.82, 2.24) is 10.6 Å². The van der Waals surface area contributed by atoms with Gasteiger partial charge in [0.15, 0.2) is 0 Å². The van der Waals surface area contributed by atoms with Gasteiger partial charge in [-0.25, -0.2) is 0 Å². The van der Waals surface area contributed by atoms with Gasteiger partial charge in [0, 0.05) is 22.8 Å². The maximum Gasteiger partial charge on any atom is 0.241 e. The highest BCUT2D eigenvalue weighted by molar-refractivity contribution is 6.35. The van der Waals surface area contributed by atoms with Gasteiger partial charge in [0.2, 0.25) is 11.8 Å². The molecule has 0 aliphatic heterocycles. The predicted molar refractivity (Wildman–Crippen MR) is 76.6 cm³/mol. The first-order valence-corrected chi connectivity index (χ1v) is 6.39. The zero-order valence-corrected chi connectivity index (χ0v) is 12.1. The third-order valence-electron chi connectivity index (χ3n) is 2.37. The van der Waals surface area contributed by atoms with E-state index in [9.17, 15) is 9.59 Å². The van der Waals surface area contributed by atoms with Gasteiger partial charge in [-0.2, -0.15) is 0 Å². The smallest absolute Gasteiger partial charge is 0.241 e. The molecule has 0 saturated heterocycles. The molecular formula is C12H15Cl2N3O2. The van der Waals surface area contributed by atoms with Crippen molar-refractivity contribution in [3.63, 3.8) is 0 Å². The number of hydrogen-bond donors (Lipinski definition) is 3. The first-order valence-electron chi connectivity index (χ1n) is 5.63. The molecule has 5 nitrogen and oxygen atoms in total. The van der Waals surface area contributed by atoms with Crippen LogP contribution in [-0.4, -0.2) is 31.4 Å². The van der Waals surface area contributed by atoms with E-state index >= 15 is 0 Å². The first-order chi connectivity index (χ1) is 8.92. The first kappa shape index (κ1) is 15.8. The molecule has 104 valence electrons. The molecule has 0 fully saturated rings. The normalized spacial score (nSPS) is 11.8. The average Bonchev–Trinajstić information content (AvgIpc) is 2.33. The Kier molecular flexibility index (Phi) is 6.08. The summed E-state index contributed by atoms with van der Waals surface area (Å²) in [5, 5.41) is 8.79. The molecule has 0 saturated carbocycles. The van der Waals surface area contributed by atoms with Crippen LogP contribution in [0.25, 0.3) is 0 Å². The summed E-state index contributed by atoms with van der Waals surface area (Å²) in [6.45, 7) is 1.73. The van der Waals surface area contributed by atoms with Crippen molar-refractivity contribution in [2.45, 2.75) is 13.0 Å². The minimum Gasteiger partial charge on any atom is -0.358 e. The van der Waals surface area contributed by atoms with E-state index in [0.717, 1.165) is 0 Å². The summed E-state index contributed by atoms with van der Waals surface area (Å²) in [7, 11) is 1.53. The minimum absolute atomic E-state index is 0.0708. The fourth-order valence-corrected chi connectivity index (χ4v) is 1.83. The molecule has 0 aliphatic carbocycles. The molecule has 19 heavy (non-hydrogen) atoms. The number of benzene rings is 1. The van der Waals surface area contributed by atoms with Crippen molar-refractivity contribution in [3.8, 4) is 0 Å². The number of hydrogen-bond acceptors (Lipinski definition) is 3. The molecule has 0 spiro atoms. The van der Waals surface area contributed by atoms with Crippen molar-refractivity contribution in [3.05, 3.63) is 28.2 Å². The summed E-state index contributed by atoms with van der Waals surface area (Å²) in [5.41, 5.74) is 0.510. The largest absolute Gasteiger partial charge is 0.358 e. The molecule has 1 rings (SSSR count). The van der Waals surface area contributed by atoms with Crippen molar-refractivity contribution in [1.29, 1.82) is 0 Å². The maximum absolute atomic E-state index is 11.8. The van der Waals surface area contributed by atoms with Gasteiger partial charge in [0.05, 0.1) is 12.6 Å². The van der Waals surface area contributed by atoms with E-state index in [2.05, 4.69) is 16.0 Å². The molecule has 0 unspecified atom stereocenters. The van der Waals surface area contributed by atoms with Crippen molar-refractivity contribution >= 4 is 40.7 Å². The molecule has 0 heterocycles. The number of likely N-dealkylation sites (N-methyl/N-ethyl adjacent to an activating group) is 1. The zero-order valence-electron chi connectivity index (χ0n) is 10.6. The second-order valence-corrected chi connectivity index (χ2v) is 4.80. The van der Waals surface area contributed by atoms with Crippen LogP contribution in [0.15, 0.2) is 18.2 Å². The second kappa shape index (κ2) is 7.33. The lowest BCUT2D eigenvalue weighted by molar-refractivity contribution is -0.120. The van der Waals surface area contributed by atoms with Crippen LogP contribution in [0.3, 0.4) is 0 Å². The Morgan fingerprint density at radius 1 is 1.21 bits per heavy atom. The van der Waals surface area contributed by atoms with Crippen LogP contribution < -0.4 is 16.0 Å². The average molecular weight is 304 g/mol. The molecule has 1 atom stereocenters. The highest BCUT2D eigenvalue weighted by Gasteiger charge is 2.13. The summed E-state index contributed by atoms with van der Waals surface area (Å²) in [6, 6.07) is 4.25. The molecule has 1 aromatic rings. The molecule has 1 aromatic carbocycles. The highest BCUT2D eigenvalue weighted by atomic mass is 35.5. The number of nitrogens with one attached hydrogen (secondary N) is 3. The molecule has 0 aliphatic rings. The molecule has 0 aromatic heterocycles. The van der Waals surface area contributed by atoms with E-state index in [1.807, 2.05) is 0 Å². The van der Waals surface area contributed by atoms with E-state index in [4.69, 9.17) is 23.2 Å². The summed E-state index contributed by atoms with van der Waals surface area (Å²) in [5.74, 6) is -0.465. The van der Waals surface area contributed by atoms with E-state index in [-0.39, 0.29) is 18.4 Å². The van der Waals surface area contributed by atoms with Gasteiger partial charge < -0.3 is 10.6 Å². The number of halogens is 2. The molecule has 7 heteroatoms. The van der Waals surface area contributed by atoms with Crippen LogP contribution in [0.4, 0.5) is 5.69 Å². The number of carbonyl (C=O) groups is 2. The van der Waals surface area contributed by atoms with Crippen LogP contribution in [0.2, 0.25) is 10.0 Å². The van der Waals surface area contributed by atoms with Crippen molar-refractivity contribution in [2.24, 2.45) is 0 Å². The number of anilines is 1. The van der Waals surface area contributed by atoms with Gasteiger partial charge in [-0.05, 0) is 25.1 Å². The predicted octanol–water partition coefficient (Wildman–Crippen LogP) is 1.66. The van der Waals surface area contributed by atoms with Gasteiger partial charge in [-0.1, -0.05) is 23.2 Å². The lowest BCUT2D eigenvalue weighted by Crippen LogP contribution is -2.42. The van der Waals surface area contributed by atoms with Gasteiger partial charge in [-0.3, -0.25) is 14.9 Å². The Morgan fingerprint density at radius 3 is 2.32 bits per heavy atom. The Balaban J connectivity index is 2.56. The molecule has 2 amide bonds. The van der Waals surface area contributed by atoms with Gasteiger partial charge in [0.1, 0.15) is 0 Å². The number of amides is 2. The van der Waals surface area contributed by atoms with E-state index < -0.39 is 6.04 Å². The van der Waals surface area contributed by atoms with Crippen LogP contribution in [0, 0.1) is 0 Å². The Morgan fingerprint density at radius 2 is 1.79 bits per heavy atom. The third-order valence-corrected chi connectivity index (χ3v) is 2.81. The second-order valence-electron chi connectivity index (χ2n) is 3.92. The van der Waals surface area contributed by atoms with Crippen LogP contribution in [0.5, 0.6) is 0 Å². The Hall–Kier alpha value is -1.30. The summed E-state index contributed by atoms with van der Waals surface area (Å²) < 4.78 is 0. The minimum atomic E-state index is -0.518. The molecular weight excluding hydrogens is 289 g/mol. The fourth-order valence-electron chi connectivity index (χ4n) is 1.30. The molecule has 3 N–H and O–H groups in total. The van der Waals surface area contributed by atoms with E-state index in [1.165, 1.54) is 7.05 Å². The summed E-state index contributed by atoms with van der Waals surface area (Å²) in [4.78, 5) is 22.9. The lowest BCUT2D eigenvalue weighted by Gasteiger charge is -2.13. The quantitative estimate of drug-likeness (QED) is 0.775. The highest BCUT2D eigenvalue weighted by Crippen LogP contribution is 2.22. The summed E-state index contributed by atoms with van der Waals surface area (Å²) >= 11 is 11.7. The van der Waals surface area contributed by atoms with Crippen LogP contribution in [0.1, 0.15) is 6.92 Å². The van der Waals surface area contributed by atoms with Gasteiger partial charge >= 0.3 is 0 Å². The van der Waals surface area contributed by atoms with Gasteiger partial charge in [-0.15, -0.1) is 0 Å². The topological polar surface area (TPSA) is 70.2 Å². The fraction of sp³-hybridized carbons (Fsp3) is 0.333. The van der Waals surface area contributed by atoms with Crippen molar-refractivity contribution < 1.29 is 9.59 Å². The maximum atomic E-state index is 11.8. The standard InChI is InChI=1S/C12H15Cl2N3O2/c1-7(16-6-11(18)15-2)12(19)17-10-4-8(13)3-9(14)5-10/h3-5,7,16H,6H2,1-2H3,(H,15,18)(H,17,19)/t7-/m1/s1. The van der Waals surface area contributed by atoms with Crippen molar-refractivity contribution in [2.75, 3.05) is 18.9 Å². The summed E-state index contributed by atoms with van der Waals surface area (Å²) in [6.07, 6.45) is 0. The Bertz CT molecular complexity index is 460. The van der Waals surface area contributed by atoms with Gasteiger partial charge in [0.25, 0.3) is 0 Å². The SMILES string of the molecule is CNC(=O)CN[C@H](C)C(=O)Nc1cc(Cl)cc(Cl)c1. The Labute approximate surface area is 121 Å².